The largest absolute Gasteiger partial charge is 0.325 e. The molecule has 1 aliphatic heterocycles. The molecule has 0 aromatic heterocycles. The molecule has 1 heterocycles. The summed E-state index contributed by atoms with van der Waals surface area (Å²) in [7, 11) is -3.04. The molecule has 0 aromatic rings. The molecule has 0 spiro atoms. The Hall–Kier alpha value is -0.130. The molecule has 0 amide bonds. The van der Waals surface area contributed by atoms with E-state index in [4.69, 9.17) is 5.73 Å². The van der Waals surface area contributed by atoms with E-state index in [0.717, 1.165) is 32.1 Å². The second-order valence-electron chi connectivity index (χ2n) is 7.54. The monoisotopic (exact) mass is 288 g/mol. The van der Waals surface area contributed by atoms with Crippen LogP contribution in [0.5, 0.6) is 0 Å². The van der Waals surface area contributed by atoms with Crippen LogP contribution >= 0.6 is 0 Å². The molecule has 2 fully saturated rings. The number of rotatable bonds is 3. The van der Waals surface area contributed by atoms with Gasteiger partial charge in [-0.25, -0.2) is 12.7 Å². The van der Waals surface area contributed by atoms with Gasteiger partial charge in [-0.1, -0.05) is 13.8 Å². The minimum atomic E-state index is -3.04. The summed E-state index contributed by atoms with van der Waals surface area (Å²) in [6, 6.07) is 0. The molecule has 2 atom stereocenters. The fourth-order valence-electron chi connectivity index (χ4n) is 3.96. The molecule has 2 aliphatic rings. The fraction of sp³-hybridized carbons (Fsp3) is 1.00. The van der Waals surface area contributed by atoms with E-state index in [9.17, 15) is 8.42 Å². The normalized spacial score (nSPS) is 36.5. The van der Waals surface area contributed by atoms with Crippen molar-refractivity contribution in [1.82, 2.24) is 4.31 Å². The van der Waals surface area contributed by atoms with E-state index in [1.165, 1.54) is 12.7 Å². The molecule has 4 nitrogen and oxygen atoms in total. The first-order chi connectivity index (χ1) is 8.60. The van der Waals surface area contributed by atoms with Crippen molar-refractivity contribution in [2.45, 2.75) is 57.9 Å². The fourth-order valence-corrected chi connectivity index (χ4v) is 4.90. The van der Waals surface area contributed by atoms with Gasteiger partial charge in [0.15, 0.2) is 0 Å². The Labute approximate surface area is 117 Å². The van der Waals surface area contributed by atoms with Crippen molar-refractivity contribution in [3.8, 4) is 0 Å². The summed E-state index contributed by atoms with van der Waals surface area (Å²) in [5, 5.41) is 0. The van der Waals surface area contributed by atoms with Crippen molar-refractivity contribution in [1.29, 1.82) is 0 Å². The van der Waals surface area contributed by atoms with Crippen LogP contribution in [-0.2, 0) is 10.0 Å². The lowest BCUT2D eigenvalue weighted by molar-refractivity contribution is 0.207. The van der Waals surface area contributed by atoms with E-state index in [0.29, 0.717) is 24.4 Å². The molecular weight excluding hydrogens is 260 g/mol. The van der Waals surface area contributed by atoms with Crippen LogP contribution in [0.2, 0.25) is 0 Å². The molecule has 1 saturated carbocycles. The van der Waals surface area contributed by atoms with Gasteiger partial charge in [0.2, 0.25) is 10.0 Å². The van der Waals surface area contributed by atoms with Gasteiger partial charge in [0, 0.05) is 18.6 Å². The van der Waals surface area contributed by atoms with Gasteiger partial charge in [-0.15, -0.1) is 0 Å². The summed E-state index contributed by atoms with van der Waals surface area (Å²) in [4.78, 5) is 0. The molecule has 1 saturated heterocycles. The van der Waals surface area contributed by atoms with E-state index >= 15 is 0 Å². The van der Waals surface area contributed by atoms with Crippen molar-refractivity contribution >= 4 is 10.0 Å². The maximum atomic E-state index is 11.6. The number of hydrogen-bond donors (Lipinski definition) is 1. The Bertz CT molecular complexity index is 433. The zero-order valence-electron chi connectivity index (χ0n) is 12.5. The SMILES string of the molecule is CC1(C)CCC(N)(CC2CCCN(S(C)(=O)=O)C2)C1. The first kappa shape index (κ1) is 15.3. The predicted molar refractivity (Wildman–Crippen MR) is 78.3 cm³/mol. The van der Waals surface area contributed by atoms with Gasteiger partial charge in [-0.2, -0.15) is 0 Å². The van der Waals surface area contributed by atoms with Crippen LogP contribution in [0.4, 0.5) is 0 Å². The molecule has 0 bridgehead atoms. The topological polar surface area (TPSA) is 63.4 Å². The lowest BCUT2D eigenvalue weighted by atomic mass is 9.80. The minimum absolute atomic E-state index is 0.0747. The van der Waals surface area contributed by atoms with Crippen LogP contribution in [0.3, 0.4) is 0 Å². The third-order valence-corrected chi connectivity index (χ3v) is 6.05. The van der Waals surface area contributed by atoms with Crippen LogP contribution < -0.4 is 5.73 Å². The van der Waals surface area contributed by atoms with Gasteiger partial charge >= 0.3 is 0 Å². The predicted octanol–water partition coefficient (Wildman–Crippen LogP) is 1.96. The highest BCUT2D eigenvalue weighted by molar-refractivity contribution is 7.88. The highest BCUT2D eigenvalue weighted by Crippen LogP contribution is 2.45. The van der Waals surface area contributed by atoms with Gasteiger partial charge in [-0.05, 0) is 49.9 Å². The van der Waals surface area contributed by atoms with Gasteiger partial charge in [-0.3, -0.25) is 0 Å². The summed E-state index contributed by atoms with van der Waals surface area (Å²) in [5.41, 5.74) is 6.82. The Morgan fingerprint density at radius 2 is 2.00 bits per heavy atom. The highest BCUT2D eigenvalue weighted by atomic mass is 32.2. The molecule has 0 radical (unpaired) electrons. The third kappa shape index (κ3) is 3.92. The summed E-state index contributed by atoms with van der Waals surface area (Å²) < 4.78 is 24.9. The second kappa shape index (κ2) is 5.01. The quantitative estimate of drug-likeness (QED) is 0.863. The molecular formula is C14H28N2O2S. The van der Waals surface area contributed by atoms with Gasteiger partial charge in [0.25, 0.3) is 0 Å². The van der Waals surface area contributed by atoms with Gasteiger partial charge in [0.05, 0.1) is 6.26 Å². The highest BCUT2D eigenvalue weighted by Gasteiger charge is 2.42. The summed E-state index contributed by atoms with van der Waals surface area (Å²) >= 11 is 0. The third-order valence-electron chi connectivity index (χ3n) is 4.78. The van der Waals surface area contributed by atoms with E-state index in [-0.39, 0.29) is 5.54 Å². The van der Waals surface area contributed by atoms with Crippen molar-refractivity contribution < 1.29 is 8.42 Å². The summed E-state index contributed by atoms with van der Waals surface area (Å²) in [6.45, 7) is 5.91. The number of nitrogens with zero attached hydrogens (tertiary/aromatic N) is 1. The van der Waals surface area contributed by atoms with Crippen LogP contribution in [0.1, 0.15) is 52.4 Å². The Morgan fingerprint density at radius 1 is 1.32 bits per heavy atom. The molecule has 2 unspecified atom stereocenters. The maximum absolute atomic E-state index is 11.6. The van der Waals surface area contributed by atoms with E-state index in [1.54, 1.807) is 4.31 Å². The van der Waals surface area contributed by atoms with E-state index < -0.39 is 10.0 Å². The minimum Gasteiger partial charge on any atom is -0.325 e. The lowest BCUT2D eigenvalue weighted by Crippen LogP contribution is -2.45. The Kier molecular flexibility index (Phi) is 4.02. The zero-order chi connectivity index (χ0) is 14.3. The van der Waals surface area contributed by atoms with Crippen molar-refractivity contribution in [3.63, 3.8) is 0 Å². The zero-order valence-corrected chi connectivity index (χ0v) is 13.3. The number of sulfonamides is 1. The average Bonchev–Trinajstić information content (AvgIpc) is 2.52. The first-order valence-corrected chi connectivity index (χ1v) is 9.19. The standard InChI is InChI=1S/C14H28N2O2S/c1-13(2)6-7-14(15,11-13)9-12-5-4-8-16(10-12)19(3,17)18/h12H,4-11,15H2,1-3H3. The molecule has 2 rings (SSSR count). The van der Waals surface area contributed by atoms with Crippen LogP contribution in [0.25, 0.3) is 0 Å². The van der Waals surface area contributed by atoms with E-state index in [1.807, 2.05) is 0 Å². The number of nitrogens with two attached hydrogens (primary N) is 1. The second-order valence-corrected chi connectivity index (χ2v) is 9.52. The average molecular weight is 288 g/mol. The molecule has 0 aromatic carbocycles. The maximum Gasteiger partial charge on any atom is 0.211 e. The Morgan fingerprint density at radius 3 is 2.53 bits per heavy atom. The summed E-state index contributed by atoms with van der Waals surface area (Å²) in [5.74, 6) is 0.433. The van der Waals surface area contributed by atoms with Crippen LogP contribution in [-0.4, -0.2) is 37.6 Å². The van der Waals surface area contributed by atoms with Crippen LogP contribution in [0.15, 0.2) is 0 Å². The van der Waals surface area contributed by atoms with Crippen LogP contribution in [0, 0.1) is 11.3 Å². The Balaban J connectivity index is 1.96. The molecule has 5 heteroatoms. The van der Waals surface area contributed by atoms with Crippen molar-refractivity contribution in [2.24, 2.45) is 17.1 Å². The van der Waals surface area contributed by atoms with Gasteiger partial charge in [0.1, 0.15) is 0 Å². The van der Waals surface area contributed by atoms with Gasteiger partial charge < -0.3 is 5.73 Å². The molecule has 1 aliphatic carbocycles. The van der Waals surface area contributed by atoms with Crippen molar-refractivity contribution in [2.75, 3.05) is 19.3 Å². The number of piperidine rings is 1. The molecule has 2 N–H and O–H groups in total. The molecule has 112 valence electrons. The first-order valence-electron chi connectivity index (χ1n) is 7.34. The molecule has 19 heavy (non-hydrogen) atoms. The number of hydrogen-bond acceptors (Lipinski definition) is 3. The summed E-state index contributed by atoms with van der Waals surface area (Å²) in [6.07, 6.45) is 7.70. The van der Waals surface area contributed by atoms with E-state index in [2.05, 4.69) is 13.8 Å². The van der Waals surface area contributed by atoms with Crippen molar-refractivity contribution in [3.05, 3.63) is 0 Å². The smallest absolute Gasteiger partial charge is 0.211 e. The lowest BCUT2D eigenvalue weighted by Gasteiger charge is -2.36.